The van der Waals surface area contributed by atoms with Crippen LogP contribution in [0.4, 0.5) is 0 Å². The van der Waals surface area contributed by atoms with Crippen LogP contribution >= 0.6 is 0 Å². The van der Waals surface area contributed by atoms with Crippen molar-refractivity contribution < 1.29 is 14.7 Å². The maximum absolute atomic E-state index is 12.4. The molecule has 1 aliphatic rings. The molecule has 0 spiro atoms. The number of hydrogen-bond acceptors (Lipinski definition) is 2. The third-order valence-corrected chi connectivity index (χ3v) is 4.31. The summed E-state index contributed by atoms with van der Waals surface area (Å²) in [6.45, 7) is 7.15. The molecule has 1 aliphatic heterocycles. The van der Waals surface area contributed by atoms with Gasteiger partial charge < -0.3 is 10.0 Å². The summed E-state index contributed by atoms with van der Waals surface area (Å²) in [5.74, 6) is -1.38. The van der Waals surface area contributed by atoms with Crippen molar-refractivity contribution in [1.82, 2.24) is 4.90 Å². The zero-order valence-electron chi connectivity index (χ0n) is 13.6. The second kappa shape index (κ2) is 6.51. The first-order chi connectivity index (χ1) is 10.3. The molecule has 0 unspecified atom stereocenters. The highest BCUT2D eigenvalue weighted by Crippen LogP contribution is 2.33. The number of nitrogens with zero attached hydrogens (tertiary/aromatic N) is 1. The Hall–Kier alpha value is -1.84. The topological polar surface area (TPSA) is 57.6 Å². The van der Waals surface area contributed by atoms with Crippen molar-refractivity contribution in [3.63, 3.8) is 0 Å². The van der Waals surface area contributed by atoms with Crippen LogP contribution in [0.1, 0.15) is 45.1 Å². The molecule has 1 heterocycles. The van der Waals surface area contributed by atoms with Crippen molar-refractivity contribution >= 4 is 11.9 Å². The van der Waals surface area contributed by atoms with Crippen LogP contribution in [-0.2, 0) is 9.59 Å². The fourth-order valence-corrected chi connectivity index (χ4v) is 2.94. The number of carbonyl (C=O) groups is 2. The number of amides is 1. The predicted molar refractivity (Wildman–Crippen MR) is 85.6 cm³/mol. The number of carboxylic acids is 1. The molecule has 1 amide bonds. The van der Waals surface area contributed by atoms with Crippen LogP contribution in [0.25, 0.3) is 0 Å². The molecule has 120 valence electrons. The Kier molecular flexibility index (Phi) is 4.89. The van der Waals surface area contributed by atoms with E-state index in [0.717, 1.165) is 12.0 Å². The minimum Gasteiger partial charge on any atom is -0.481 e. The van der Waals surface area contributed by atoms with Crippen molar-refractivity contribution in [2.75, 3.05) is 13.1 Å². The van der Waals surface area contributed by atoms with Gasteiger partial charge in [0.1, 0.15) is 0 Å². The summed E-state index contributed by atoms with van der Waals surface area (Å²) in [6, 6.07) is 9.64. The SMILES string of the molecule is CC(C)(C)CCC(=O)N1C[C@H](C(=O)O)[C@H](c2ccccc2)C1. The van der Waals surface area contributed by atoms with Gasteiger partial charge in [0, 0.05) is 25.4 Å². The van der Waals surface area contributed by atoms with Crippen LogP contribution in [0.15, 0.2) is 30.3 Å². The molecule has 1 aromatic carbocycles. The molecule has 1 saturated heterocycles. The average Bonchev–Trinajstić information content (AvgIpc) is 2.90. The molecule has 1 fully saturated rings. The lowest BCUT2D eigenvalue weighted by molar-refractivity contribution is -0.141. The lowest BCUT2D eigenvalue weighted by Gasteiger charge is -2.21. The summed E-state index contributed by atoms with van der Waals surface area (Å²) in [4.78, 5) is 25.6. The number of carboxylic acid groups (broad SMARTS) is 1. The molecule has 4 nitrogen and oxygen atoms in total. The zero-order chi connectivity index (χ0) is 16.3. The van der Waals surface area contributed by atoms with Crippen molar-refractivity contribution in [3.8, 4) is 0 Å². The molecular weight excluding hydrogens is 278 g/mol. The summed E-state index contributed by atoms with van der Waals surface area (Å²) in [5.41, 5.74) is 1.11. The Morgan fingerprint density at radius 2 is 1.82 bits per heavy atom. The van der Waals surface area contributed by atoms with Gasteiger partial charge in [-0.2, -0.15) is 0 Å². The minimum atomic E-state index is -0.819. The van der Waals surface area contributed by atoms with E-state index in [1.807, 2.05) is 30.3 Å². The fourth-order valence-electron chi connectivity index (χ4n) is 2.94. The Balaban J connectivity index is 2.08. The Morgan fingerprint density at radius 3 is 2.36 bits per heavy atom. The van der Waals surface area contributed by atoms with Gasteiger partial charge in [-0.3, -0.25) is 9.59 Å². The van der Waals surface area contributed by atoms with Crippen LogP contribution < -0.4 is 0 Å². The van der Waals surface area contributed by atoms with Gasteiger partial charge >= 0.3 is 5.97 Å². The molecule has 1 aromatic rings. The maximum atomic E-state index is 12.4. The third-order valence-electron chi connectivity index (χ3n) is 4.31. The van der Waals surface area contributed by atoms with Crippen molar-refractivity contribution in [1.29, 1.82) is 0 Å². The van der Waals surface area contributed by atoms with E-state index in [9.17, 15) is 14.7 Å². The van der Waals surface area contributed by atoms with Gasteiger partial charge in [0.15, 0.2) is 0 Å². The second-order valence-electron chi connectivity index (χ2n) is 7.32. The van der Waals surface area contributed by atoms with Gasteiger partial charge in [-0.15, -0.1) is 0 Å². The summed E-state index contributed by atoms with van der Waals surface area (Å²) in [6.07, 6.45) is 1.30. The van der Waals surface area contributed by atoms with Crippen molar-refractivity contribution in [2.45, 2.75) is 39.5 Å². The highest BCUT2D eigenvalue weighted by molar-refractivity contribution is 5.79. The molecule has 22 heavy (non-hydrogen) atoms. The molecule has 2 rings (SSSR count). The van der Waals surface area contributed by atoms with Crippen molar-refractivity contribution in [2.24, 2.45) is 11.3 Å². The molecule has 0 saturated carbocycles. The Bertz CT molecular complexity index is 533. The van der Waals surface area contributed by atoms with E-state index >= 15 is 0 Å². The van der Waals surface area contributed by atoms with E-state index < -0.39 is 11.9 Å². The molecule has 0 aliphatic carbocycles. The number of aliphatic carboxylic acids is 1. The van der Waals surface area contributed by atoms with Crippen LogP contribution in [0.2, 0.25) is 0 Å². The van der Waals surface area contributed by atoms with Gasteiger partial charge in [-0.25, -0.2) is 0 Å². The average molecular weight is 303 g/mol. The quantitative estimate of drug-likeness (QED) is 0.929. The Labute approximate surface area is 132 Å². The Morgan fingerprint density at radius 1 is 1.18 bits per heavy atom. The smallest absolute Gasteiger partial charge is 0.308 e. The predicted octanol–water partition coefficient (Wildman–Crippen LogP) is 3.14. The molecule has 4 heteroatoms. The van der Waals surface area contributed by atoms with E-state index in [1.165, 1.54) is 0 Å². The summed E-state index contributed by atoms with van der Waals surface area (Å²) in [7, 11) is 0. The summed E-state index contributed by atoms with van der Waals surface area (Å²) >= 11 is 0. The van der Waals surface area contributed by atoms with Gasteiger partial charge in [-0.05, 0) is 17.4 Å². The van der Waals surface area contributed by atoms with Crippen LogP contribution in [0, 0.1) is 11.3 Å². The number of benzene rings is 1. The lowest BCUT2D eigenvalue weighted by atomic mass is 9.89. The van der Waals surface area contributed by atoms with Gasteiger partial charge in [0.05, 0.1) is 5.92 Å². The number of rotatable bonds is 4. The monoisotopic (exact) mass is 303 g/mol. The molecule has 1 N–H and O–H groups in total. The van der Waals surface area contributed by atoms with Gasteiger partial charge in [-0.1, -0.05) is 51.1 Å². The largest absolute Gasteiger partial charge is 0.481 e. The highest BCUT2D eigenvalue weighted by atomic mass is 16.4. The molecule has 0 aromatic heterocycles. The van der Waals surface area contributed by atoms with Gasteiger partial charge in [0.2, 0.25) is 5.91 Å². The first-order valence-corrected chi connectivity index (χ1v) is 7.83. The molecule has 2 atom stereocenters. The first-order valence-electron chi connectivity index (χ1n) is 7.83. The van der Waals surface area contributed by atoms with Crippen LogP contribution in [0.3, 0.4) is 0 Å². The fraction of sp³-hybridized carbons (Fsp3) is 0.556. The standard InChI is InChI=1S/C18H25NO3/c1-18(2,3)10-9-16(20)19-11-14(15(12-19)17(21)22)13-7-5-4-6-8-13/h4-8,14-15H,9-12H2,1-3H3,(H,21,22)/t14-,15-/m0/s1. The second-order valence-corrected chi connectivity index (χ2v) is 7.32. The molecule has 0 bridgehead atoms. The van der Waals surface area contributed by atoms with E-state index in [-0.39, 0.29) is 17.2 Å². The van der Waals surface area contributed by atoms with Crippen molar-refractivity contribution in [3.05, 3.63) is 35.9 Å². The third kappa shape index (κ3) is 4.09. The number of likely N-dealkylation sites (tertiary alicyclic amines) is 1. The minimum absolute atomic E-state index is 0.0691. The lowest BCUT2D eigenvalue weighted by Crippen LogP contribution is -2.30. The van der Waals surface area contributed by atoms with E-state index in [4.69, 9.17) is 0 Å². The van der Waals surface area contributed by atoms with E-state index in [0.29, 0.717) is 19.5 Å². The normalized spacial score (nSPS) is 21.9. The summed E-state index contributed by atoms with van der Waals surface area (Å²) in [5, 5.41) is 9.47. The first kappa shape index (κ1) is 16.5. The number of hydrogen-bond donors (Lipinski definition) is 1. The summed E-state index contributed by atoms with van der Waals surface area (Å²) < 4.78 is 0. The van der Waals surface area contributed by atoms with E-state index in [2.05, 4.69) is 20.8 Å². The molecule has 0 radical (unpaired) electrons. The van der Waals surface area contributed by atoms with E-state index in [1.54, 1.807) is 4.90 Å². The highest BCUT2D eigenvalue weighted by Gasteiger charge is 2.40. The maximum Gasteiger partial charge on any atom is 0.308 e. The van der Waals surface area contributed by atoms with Crippen LogP contribution in [-0.4, -0.2) is 35.0 Å². The van der Waals surface area contributed by atoms with Crippen LogP contribution in [0.5, 0.6) is 0 Å². The number of carbonyl (C=O) groups excluding carboxylic acids is 1. The zero-order valence-corrected chi connectivity index (χ0v) is 13.6. The molecular formula is C18H25NO3. The van der Waals surface area contributed by atoms with Gasteiger partial charge in [0.25, 0.3) is 0 Å².